The molecule has 0 spiro atoms. The fraction of sp³-hybridized carbons (Fsp3) is 0.533. The van der Waals surface area contributed by atoms with Gasteiger partial charge in [-0.25, -0.2) is 4.98 Å². The van der Waals surface area contributed by atoms with E-state index < -0.39 is 0 Å². The van der Waals surface area contributed by atoms with Crippen LogP contribution in [0.1, 0.15) is 43.9 Å². The molecule has 4 nitrogen and oxygen atoms in total. The Labute approximate surface area is 114 Å². The third-order valence-corrected chi connectivity index (χ3v) is 3.82. The van der Waals surface area contributed by atoms with E-state index in [1.807, 2.05) is 17.0 Å². The van der Waals surface area contributed by atoms with E-state index in [1.54, 1.807) is 12.3 Å². The highest BCUT2D eigenvalue weighted by molar-refractivity contribution is 5.76. The lowest BCUT2D eigenvalue weighted by molar-refractivity contribution is -0.131. The summed E-state index contributed by atoms with van der Waals surface area (Å²) in [6.07, 6.45) is 5.51. The summed E-state index contributed by atoms with van der Waals surface area (Å²) in [5, 5.41) is 8.84. The first-order valence-corrected chi connectivity index (χ1v) is 6.85. The average Bonchev–Trinajstić information content (AvgIpc) is 2.62. The van der Waals surface area contributed by atoms with E-state index in [2.05, 4.69) is 11.9 Å². The van der Waals surface area contributed by atoms with E-state index in [9.17, 15) is 4.79 Å². The van der Waals surface area contributed by atoms with Crippen LogP contribution in [0.5, 0.6) is 0 Å². The van der Waals surface area contributed by atoms with Crippen LogP contribution in [-0.4, -0.2) is 22.3 Å². The van der Waals surface area contributed by atoms with Crippen LogP contribution in [0.15, 0.2) is 18.3 Å². The molecule has 4 heteroatoms. The van der Waals surface area contributed by atoms with Gasteiger partial charge in [0.1, 0.15) is 11.8 Å². The first kappa shape index (κ1) is 13.5. The summed E-state index contributed by atoms with van der Waals surface area (Å²) in [5.41, 5.74) is 1.39. The lowest BCUT2D eigenvalue weighted by Crippen LogP contribution is -2.29. The SMILES string of the molecule is CCC1CCC(=O)N(Cc2ccnc(C#N)c2)CC1. The smallest absolute Gasteiger partial charge is 0.222 e. The largest absolute Gasteiger partial charge is 0.338 e. The topological polar surface area (TPSA) is 57.0 Å². The number of nitriles is 1. The highest BCUT2D eigenvalue weighted by Crippen LogP contribution is 2.22. The zero-order chi connectivity index (χ0) is 13.7. The van der Waals surface area contributed by atoms with Crippen LogP contribution in [-0.2, 0) is 11.3 Å². The maximum absolute atomic E-state index is 12.1. The van der Waals surface area contributed by atoms with Gasteiger partial charge in [-0.2, -0.15) is 5.26 Å². The first-order valence-electron chi connectivity index (χ1n) is 6.85. The Hall–Kier alpha value is -1.89. The number of carbonyl (C=O) groups is 1. The number of amides is 1. The summed E-state index contributed by atoms with van der Waals surface area (Å²) in [6, 6.07) is 5.66. The van der Waals surface area contributed by atoms with Crippen molar-refractivity contribution >= 4 is 5.91 Å². The molecule has 1 aliphatic heterocycles. The predicted octanol–water partition coefficient (Wildman–Crippen LogP) is 2.49. The minimum absolute atomic E-state index is 0.228. The molecule has 2 rings (SSSR count). The maximum Gasteiger partial charge on any atom is 0.222 e. The van der Waals surface area contributed by atoms with Gasteiger partial charge in [-0.05, 0) is 36.5 Å². The summed E-state index contributed by atoms with van der Waals surface area (Å²) in [5.74, 6) is 0.896. The Bertz CT molecular complexity index is 492. The second-order valence-corrected chi connectivity index (χ2v) is 5.08. The molecule has 100 valence electrons. The van der Waals surface area contributed by atoms with E-state index in [-0.39, 0.29) is 5.91 Å². The first-order chi connectivity index (χ1) is 9.22. The number of likely N-dealkylation sites (tertiary alicyclic amines) is 1. The van der Waals surface area contributed by atoms with Gasteiger partial charge in [0.2, 0.25) is 5.91 Å². The van der Waals surface area contributed by atoms with Gasteiger partial charge in [0.15, 0.2) is 0 Å². The van der Waals surface area contributed by atoms with Crippen molar-refractivity contribution < 1.29 is 4.79 Å². The number of rotatable bonds is 3. The van der Waals surface area contributed by atoms with E-state index in [4.69, 9.17) is 5.26 Å². The van der Waals surface area contributed by atoms with E-state index in [1.165, 1.54) is 0 Å². The number of nitrogens with zero attached hydrogens (tertiary/aromatic N) is 3. The van der Waals surface area contributed by atoms with E-state index in [0.717, 1.165) is 31.4 Å². The molecule has 0 radical (unpaired) electrons. The Balaban J connectivity index is 2.05. The predicted molar refractivity (Wildman–Crippen MR) is 72.0 cm³/mol. The molecule has 0 aromatic carbocycles. The highest BCUT2D eigenvalue weighted by Gasteiger charge is 2.21. The van der Waals surface area contributed by atoms with Crippen molar-refractivity contribution in [2.45, 2.75) is 39.2 Å². The molecular formula is C15H19N3O. The minimum Gasteiger partial charge on any atom is -0.338 e. The summed E-state index contributed by atoms with van der Waals surface area (Å²) >= 11 is 0. The minimum atomic E-state index is 0.228. The zero-order valence-electron chi connectivity index (χ0n) is 11.3. The van der Waals surface area contributed by atoms with Crippen molar-refractivity contribution in [3.05, 3.63) is 29.6 Å². The molecule has 1 atom stereocenters. The van der Waals surface area contributed by atoms with Crippen LogP contribution in [0.4, 0.5) is 0 Å². The fourth-order valence-corrected chi connectivity index (χ4v) is 2.52. The maximum atomic E-state index is 12.1. The summed E-state index contributed by atoms with van der Waals surface area (Å²) in [7, 11) is 0. The van der Waals surface area contributed by atoms with Crippen molar-refractivity contribution in [1.82, 2.24) is 9.88 Å². The Morgan fingerprint density at radius 2 is 2.37 bits per heavy atom. The standard InChI is InChI=1S/C15H19N3O/c1-2-12-3-4-15(19)18(8-6-12)11-13-5-7-17-14(9-13)10-16/h5,7,9,12H,2-4,6,8,11H2,1H3. The van der Waals surface area contributed by atoms with Crippen LogP contribution in [0.2, 0.25) is 0 Å². The van der Waals surface area contributed by atoms with Crippen molar-refractivity contribution in [2.75, 3.05) is 6.54 Å². The number of hydrogen-bond donors (Lipinski definition) is 0. The molecule has 0 saturated carbocycles. The van der Waals surface area contributed by atoms with Crippen LogP contribution in [0.3, 0.4) is 0 Å². The fourth-order valence-electron chi connectivity index (χ4n) is 2.52. The molecule has 0 bridgehead atoms. The molecule has 0 N–H and O–H groups in total. The molecule has 1 aliphatic rings. The third kappa shape index (κ3) is 3.54. The third-order valence-electron chi connectivity index (χ3n) is 3.82. The van der Waals surface area contributed by atoms with Gasteiger partial charge >= 0.3 is 0 Å². The van der Waals surface area contributed by atoms with Crippen molar-refractivity contribution in [2.24, 2.45) is 5.92 Å². The van der Waals surface area contributed by atoms with Gasteiger partial charge in [-0.15, -0.1) is 0 Å². The second kappa shape index (κ2) is 6.33. The van der Waals surface area contributed by atoms with Crippen molar-refractivity contribution in [1.29, 1.82) is 5.26 Å². The number of pyridine rings is 1. The van der Waals surface area contributed by atoms with E-state index >= 15 is 0 Å². The quantitative estimate of drug-likeness (QED) is 0.836. The van der Waals surface area contributed by atoms with Gasteiger partial charge in [0.25, 0.3) is 0 Å². The van der Waals surface area contributed by atoms with Crippen LogP contribution < -0.4 is 0 Å². The monoisotopic (exact) mass is 257 g/mol. The average molecular weight is 257 g/mol. The number of hydrogen-bond acceptors (Lipinski definition) is 3. The second-order valence-electron chi connectivity index (χ2n) is 5.08. The zero-order valence-corrected chi connectivity index (χ0v) is 11.3. The van der Waals surface area contributed by atoms with Crippen LogP contribution in [0.25, 0.3) is 0 Å². The molecule has 1 unspecified atom stereocenters. The number of carbonyl (C=O) groups excluding carboxylic acids is 1. The normalized spacial score (nSPS) is 19.9. The lowest BCUT2D eigenvalue weighted by Gasteiger charge is -2.20. The summed E-state index contributed by atoms with van der Waals surface area (Å²) < 4.78 is 0. The molecule has 1 saturated heterocycles. The highest BCUT2D eigenvalue weighted by atomic mass is 16.2. The molecule has 1 fully saturated rings. The molecule has 2 heterocycles. The van der Waals surface area contributed by atoms with Crippen LogP contribution in [0, 0.1) is 17.2 Å². The van der Waals surface area contributed by atoms with Gasteiger partial charge in [-0.3, -0.25) is 4.79 Å². The molecule has 1 aromatic rings. The van der Waals surface area contributed by atoms with Crippen molar-refractivity contribution in [3.63, 3.8) is 0 Å². The Morgan fingerprint density at radius 1 is 1.53 bits per heavy atom. The van der Waals surface area contributed by atoms with Gasteiger partial charge < -0.3 is 4.90 Å². The molecule has 0 aliphatic carbocycles. The molecule has 1 aromatic heterocycles. The van der Waals surface area contributed by atoms with Crippen LogP contribution >= 0.6 is 0 Å². The lowest BCUT2D eigenvalue weighted by atomic mass is 9.98. The van der Waals surface area contributed by atoms with Crippen molar-refractivity contribution in [3.8, 4) is 6.07 Å². The number of aromatic nitrogens is 1. The Kier molecular flexibility index (Phi) is 4.51. The molecular weight excluding hydrogens is 238 g/mol. The molecule has 19 heavy (non-hydrogen) atoms. The Morgan fingerprint density at radius 3 is 3.11 bits per heavy atom. The summed E-state index contributed by atoms with van der Waals surface area (Å²) in [6.45, 7) is 3.60. The van der Waals surface area contributed by atoms with Gasteiger partial charge in [0, 0.05) is 25.7 Å². The van der Waals surface area contributed by atoms with Gasteiger partial charge in [0.05, 0.1) is 0 Å². The van der Waals surface area contributed by atoms with Gasteiger partial charge in [-0.1, -0.05) is 13.3 Å². The summed E-state index contributed by atoms with van der Waals surface area (Å²) in [4.78, 5) is 17.9. The van der Waals surface area contributed by atoms with E-state index in [0.29, 0.717) is 24.6 Å². The molecule has 1 amide bonds.